The van der Waals surface area contributed by atoms with E-state index >= 15 is 0 Å². The SMILES string of the molecule is Cc1ccc(C2CNCCC23CCC(C)CC3C)cc1. The van der Waals surface area contributed by atoms with Crippen LogP contribution >= 0.6 is 0 Å². The molecular formula is C19H29N. The largest absolute Gasteiger partial charge is 0.316 e. The van der Waals surface area contributed by atoms with Crippen molar-refractivity contribution in [1.82, 2.24) is 5.32 Å². The van der Waals surface area contributed by atoms with Gasteiger partial charge in [0.2, 0.25) is 0 Å². The molecular weight excluding hydrogens is 242 g/mol. The summed E-state index contributed by atoms with van der Waals surface area (Å²) in [4.78, 5) is 0. The van der Waals surface area contributed by atoms with Crippen molar-refractivity contribution in [3.05, 3.63) is 35.4 Å². The van der Waals surface area contributed by atoms with E-state index in [1.54, 1.807) is 5.56 Å². The monoisotopic (exact) mass is 271 g/mol. The fraction of sp³-hybridized carbons (Fsp3) is 0.684. The average molecular weight is 271 g/mol. The molecule has 3 rings (SSSR count). The van der Waals surface area contributed by atoms with Gasteiger partial charge in [0.15, 0.2) is 0 Å². The van der Waals surface area contributed by atoms with Gasteiger partial charge in [-0.1, -0.05) is 50.1 Å². The van der Waals surface area contributed by atoms with Crippen molar-refractivity contribution in [3.8, 4) is 0 Å². The van der Waals surface area contributed by atoms with Crippen LogP contribution in [0, 0.1) is 24.2 Å². The second-order valence-electron chi connectivity index (χ2n) is 7.43. The molecule has 0 bridgehead atoms. The Morgan fingerprint density at radius 3 is 2.55 bits per heavy atom. The van der Waals surface area contributed by atoms with Crippen molar-refractivity contribution >= 4 is 0 Å². The van der Waals surface area contributed by atoms with E-state index in [2.05, 4.69) is 50.4 Å². The van der Waals surface area contributed by atoms with Crippen molar-refractivity contribution < 1.29 is 0 Å². The minimum Gasteiger partial charge on any atom is -0.316 e. The molecule has 1 aromatic carbocycles. The number of nitrogens with one attached hydrogen (secondary N) is 1. The number of hydrogen-bond donors (Lipinski definition) is 1. The summed E-state index contributed by atoms with van der Waals surface area (Å²) in [6.07, 6.45) is 5.63. The first kappa shape index (κ1) is 14.1. The van der Waals surface area contributed by atoms with E-state index in [4.69, 9.17) is 0 Å². The molecule has 1 heterocycles. The highest BCUT2D eigenvalue weighted by molar-refractivity contribution is 5.28. The Bertz CT molecular complexity index is 449. The molecule has 20 heavy (non-hydrogen) atoms. The molecule has 1 nitrogen and oxygen atoms in total. The lowest BCUT2D eigenvalue weighted by Crippen LogP contribution is -2.49. The number of hydrogen-bond acceptors (Lipinski definition) is 1. The molecule has 1 spiro atoms. The van der Waals surface area contributed by atoms with E-state index in [0.717, 1.165) is 11.8 Å². The molecule has 2 aliphatic rings. The fourth-order valence-corrected chi connectivity index (χ4v) is 4.80. The molecule has 1 aromatic rings. The number of aryl methyl sites for hydroxylation is 1. The highest BCUT2D eigenvalue weighted by atomic mass is 14.9. The third-order valence-electron chi connectivity index (χ3n) is 6.13. The molecule has 2 fully saturated rings. The Morgan fingerprint density at radius 2 is 1.85 bits per heavy atom. The summed E-state index contributed by atoms with van der Waals surface area (Å²) in [5, 5.41) is 3.65. The van der Waals surface area contributed by atoms with Gasteiger partial charge in [-0.25, -0.2) is 0 Å². The minimum atomic E-state index is 0.549. The normalized spacial score (nSPS) is 38.0. The summed E-state index contributed by atoms with van der Waals surface area (Å²) in [5.74, 6) is 2.49. The van der Waals surface area contributed by atoms with Crippen LogP contribution in [0.15, 0.2) is 24.3 Å². The maximum atomic E-state index is 3.65. The van der Waals surface area contributed by atoms with Crippen LogP contribution in [0.2, 0.25) is 0 Å². The Balaban J connectivity index is 1.92. The Labute approximate surface area is 124 Å². The van der Waals surface area contributed by atoms with Crippen LogP contribution in [0.3, 0.4) is 0 Å². The van der Waals surface area contributed by atoms with Crippen molar-refractivity contribution in [2.45, 2.75) is 52.4 Å². The van der Waals surface area contributed by atoms with Gasteiger partial charge in [0, 0.05) is 12.5 Å². The molecule has 1 aliphatic heterocycles. The van der Waals surface area contributed by atoms with Gasteiger partial charge in [-0.05, 0) is 55.5 Å². The molecule has 1 aliphatic carbocycles. The second kappa shape index (κ2) is 5.52. The highest BCUT2D eigenvalue weighted by Gasteiger charge is 2.47. The van der Waals surface area contributed by atoms with E-state index in [9.17, 15) is 0 Å². The van der Waals surface area contributed by atoms with Crippen LogP contribution in [-0.2, 0) is 0 Å². The maximum absolute atomic E-state index is 3.65. The van der Waals surface area contributed by atoms with Gasteiger partial charge in [0.25, 0.3) is 0 Å². The molecule has 4 unspecified atom stereocenters. The standard InChI is InChI=1S/C19H29N/c1-14-4-6-17(7-5-14)18-13-20-11-10-19(18)9-8-15(2)12-16(19)3/h4-7,15-16,18,20H,8-13H2,1-3H3. The van der Waals surface area contributed by atoms with E-state index < -0.39 is 0 Å². The van der Waals surface area contributed by atoms with Gasteiger partial charge in [-0.2, -0.15) is 0 Å². The van der Waals surface area contributed by atoms with E-state index in [-0.39, 0.29) is 0 Å². The lowest BCUT2D eigenvalue weighted by molar-refractivity contribution is 0.0229. The first-order chi connectivity index (χ1) is 9.62. The predicted octanol–water partition coefficient (Wildman–Crippen LogP) is 4.51. The molecule has 110 valence electrons. The van der Waals surface area contributed by atoms with Gasteiger partial charge < -0.3 is 5.32 Å². The molecule has 1 N–H and O–H groups in total. The Kier molecular flexibility index (Phi) is 3.90. The minimum absolute atomic E-state index is 0.549. The van der Waals surface area contributed by atoms with Crippen LogP contribution in [0.25, 0.3) is 0 Å². The third-order valence-corrected chi connectivity index (χ3v) is 6.13. The molecule has 1 heteroatoms. The highest BCUT2D eigenvalue weighted by Crippen LogP contribution is 2.55. The average Bonchev–Trinajstić information content (AvgIpc) is 2.45. The zero-order valence-corrected chi connectivity index (χ0v) is 13.3. The Morgan fingerprint density at radius 1 is 1.10 bits per heavy atom. The zero-order valence-electron chi connectivity index (χ0n) is 13.3. The summed E-state index contributed by atoms with van der Waals surface area (Å²) in [6, 6.07) is 9.32. The zero-order chi connectivity index (χ0) is 14.2. The molecule has 4 atom stereocenters. The van der Waals surface area contributed by atoms with E-state index in [1.165, 1.54) is 44.3 Å². The summed E-state index contributed by atoms with van der Waals surface area (Å²) in [5.41, 5.74) is 3.48. The molecule has 0 aromatic heterocycles. The van der Waals surface area contributed by atoms with Gasteiger partial charge in [0.1, 0.15) is 0 Å². The van der Waals surface area contributed by atoms with Crippen molar-refractivity contribution in [3.63, 3.8) is 0 Å². The maximum Gasteiger partial charge on any atom is 0.00256 e. The quantitative estimate of drug-likeness (QED) is 0.792. The second-order valence-corrected chi connectivity index (χ2v) is 7.43. The van der Waals surface area contributed by atoms with Gasteiger partial charge in [-0.15, -0.1) is 0 Å². The van der Waals surface area contributed by atoms with Crippen molar-refractivity contribution in [2.75, 3.05) is 13.1 Å². The Hall–Kier alpha value is -0.820. The summed E-state index contributed by atoms with van der Waals surface area (Å²) < 4.78 is 0. The van der Waals surface area contributed by atoms with Crippen molar-refractivity contribution in [1.29, 1.82) is 0 Å². The van der Waals surface area contributed by atoms with Gasteiger partial charge in [-0.3, -0.25) is 0 Å². The molecule has 1 saturated carbocycles. The number of piperidine rings is 1. The molecule has 0 amide bonds. The summed E-state index contributed by atoms with van der Waals surface area (Å²) >= 11 is 0. The fourth-order valence-electron chi connectivity index (χ4n) is 4.80. The van der Waals surface area contributed by atoms with Crippen LogP contribution in [-0.4, -0.2) is 13.1 Å². The van der Waals surface area contributed by atoms with Gasteiger partial charge >= 0.3 is 0 Å². The first-order valence-electron chi connectivity index (χ1n) is 8.39. The molecule has 0 radical (unpaired) electrons. The number of rotatable bonds is 1. The van der Waals surface area contributed by atoms with Crippen molar-refractivity contribution in [2.24, 2.45) is 17.3 Å². The lowest BCUT2D eigenvalue weighted by Gasteiger charge is -2.52. The number of benzene rings is 1. The van der Waals surface area contributed by atoms with Crippen LogP contribution in [0.1, 0.15) is 56.6 Å². The predicted molar refractivity (Wildman–Crippen MR) is 86.0 cm³/mol. The lowest BCUT2D eigenvalue weighted by atomic mass is 9.54. The van der Waals surface area contributed by atoms with Crippen LogP contribution in [0.5, 0.6) is 0 Å². The van der Waals surface area contributed by atoms with Crippen LogP contribution in [0.4, 0.5) is 0 Å². The van der Waals surface area contributed by atoms with E-state index in [0.29, 0.717) is 11.3 Å². The van der Waals surface area contributed by atoms with Gasteiger partial charge in [0.05, 0.1) is 0 Å². The van der Waals surface area contributed by atoms with Crippen LogP contribution < -0.4 is 5.32 Å². The topological polar surface area (TPSA) is 12.0 Å². The summed E-state index contributed by atoms with van der Waals surface area (Å²) in [6.45, 7) is 9.51. The molecule has 1 saturated heterocycles. The smallest absolute Gasteiger partial charge is 0.00256 e. The first-order valence-corrected chi connectivity index (χ1v) is 8.39. The van der Waals surface area contributed by atoms with E-state index in [1.807, 2.05) is 0 Å². The third kappa shape index (κ3) is 2.41. The summed E-state index contributed by atoms with van der Waals surface area (Å²) in [7, 11) is 0.